The van der Waals surface area contributed by atoms with Crippen molar-refractivity contribution >= 4 is 11.6 Å². The first-order chi connectivity index (χ1) is 14.2. The number of methoxy groups -OCH3 is 1. The highest BCUT2D eigenvalue weighted by molar-refractivity contribution is 6.01. The van der Waals surface area contributed by atoms with Crippen LogP contribution >= 0.6 is 0 Å². The largest absolute Gasteiger partial charge is 0.497 e. The summed E-state index contributed by atoms with van der Waals surface area (Å²) in [5, 5.41) is 3.51. The first-order valence-electron chi connectivity index (χ1n) is 9.42. The molecule has 0 fully saturated rings. The zero-order valence-electron chi connectivity index (χ0n) is 15.9. The Bertz CT molecular complexity index is 1060. The van der Waals surface area contributed by atoms with E-state index in [9.17, 15) is 4.79 Å². The van der Waals surface area contributed by atoms with Gasteiger partial charge in [-0.1, -0.05) is 30.3 Å². The van der Waals surface area contributed by atoms with E-state index in [2.05, 4.69) is 5.32 Å². The van der Waals surface area contributed by atoms with E-state index in [4.69, 9.17) is 14.2 Å². The maximum atomic E-state index is 13.4. The highest BCUT2D eigenvalue weighted by Crippen LogP contribution is 2.37. The smallest absolute Gasteiger partial charge is 0.258 e. The van der Waals surface area contributed by atoms with E-state index >= 15 is 0 Å². The second-order valence-electron chi connectivity index (χ2n) is 6.99. The van der Waals surface area contributed by atoms with Gasteiger partial charge in [-0.15, -0.1) is 0 Å². The highest BCUT2D eigenvalue weighted by atomic mass is 16.7. The van der Waals surface area contributed by atoms with Crippen LogP contribution in [0, 0.1) is 0 Å². The number of amides is 1. The van der Waals surface area contributed by atoms with Gasteiger partial charge in [-0.25, -0.2) is 0 Å². The summed E-state index contributed by atoms with van der Waals surface area (Å²) < 4.78 is 16.2. The minimum absolute atomic E-state index is 0.0159. The quantitative estimate of drug-likeness (QED) is 0.726. The average molecular weight is 388 g/mol. The van der Waals surface area contributed by atoms with Crippen LogP contribution in [0.4, 0.5) is 5.69 Å². The molecule has 3 aromatic carbocycles. The third-order valence-corrected chi connectivity index (χ3v) is 5.24. The molecule has 6 heteroatoms. The number of anilines is 1. The van der Waals surface area contributed by atoms with Gasteiger partial charge in [-0.2, -0.15) is 0 Å². The minimum atomic E-state index is -0.297. The van der Waals surface area contributed by atoms with Crippen LogP contribution in [0.1, 0.15) is 27.7 Å². The standard InChI is InChI=1S/C23H20N2O4/c1-27-17-9-7-16(8-10-17)22-24-19-5-3-2-4-18(19)23(26)25(22)13-15-6-11-20-21(12-15)29-14-28-20/h2-12,22,24H,13-14H2,1H3. The highest BCUT2D eigenvalue weighted by Gasteiger charge is 2.33. The summed E-state index contributed by atoms with van der Waals surface area (Å²) in [6.07, 6.45) is -0.297. The first kappa shape index (κ1) is 17.4. The predicted molar refractivity (Wildman–Crippen MR) is 108 cm³/mol. The monoisotopic (exact) mass is 388 g/mol. The summed E-state index contributed by atoms with van der Waals surface area (Å²) in [6, 6.07) is 21.1. The number of hydrogen-bond acceptors (Lipinski definition) is 5. The third kappa shape index (κ3) is 3.12. The second-order valence-corrected chi connectivity index (χ2v) is 6.99. The molecular formula is C23H20N2O4. The van der Waals surface area contributed by atoms with Crippen molar-refractivity contribution in [2.45, 2.75) is 12.7 Å². The Hall–Kier alpha value is -3.67. The zero-order valence-corrected chi connectivity index (χ0v) is 15.9. The van der Waals surface area contributed by atoms with Crippen molar-refractivity contribution in [2.24, 2.45) is 0 Å². The molecule has 1 atom stereocenters. The van der Waals surface area contributed by atoms with E-state index in [0.717, 1.165) is 28.3 Å². The Balaban J connectivity index is 1.52. The van der Waals surface area contributed by atoms with Crippen LogP contribution in [0.15, 0.2) is 66.7 Å². The number of benzene rings is 3. The Kier molecular flexibility index (Phi) is 4.24. The van der Waals surface area contributed by atoms with E-state index in [-0.39, 0.29) is 18.9 Å². The molecule has 0 bridgehead atoms. The maximum absolute atomic E-state index is 13.4. The number of carbonyl (C=O) groups excluding carboxylic acids is 1. The van der Waals surface area contributed by atoms with Crippen molar-refractivity contribution < 1.29 is 19.0 Å². The molecule has 2 aliphatic rings. The number of hydrogen-bond donors (Lipinski definition) is 1. The third-order valence-electron chi connectivity index (χ3n) is 5.24. The van der Waals surface area contributed by atoms with Gasteiger partial charge >= 0.3 is 0 Å². The summed E-state index contributed by atoms with van der Waals surface area (Å²) in [6.45, 7) is 0.665. The van der Waals surface area contributed by atoms with E-state index in [1.54, 1.807) is 7.11 Å². The van der Waals surface area contributed by atoms with Crippen LogP contribution in [0.5, 0.6) is 17.2 Å². The van der Waals surface area contributed by atoms with E-state index in [0.29, 0.717) is 17.9 Å². The topological polar surface area (TPSA) is 60.0 Å². The first-order valence-corrected chi connectivity index (χ1v) is 9.42. The lowest BCUT2D eigenvalue weighted by molar-refractivity contribution is 0.0666. The Morgan fingerprint density at radius 3 is 2.66 bits per heavy atom. The van der Waals surface area contributed by atoms with Crippen LogP contribution in [-0.4, -0.2) is 24.7 Å². The molecule has 146 valence electrons. The summed E-state index contributed by atoms with van der Waals surface area (Å²) >= 11 is 0. The number of para-hydroxylation sites is 1. The van der Waals surface area contributed by atoms with Crippen LogP contribution in [-0.2, 0) is 6.54 Å². The fourth-order valence-corrected chi connectivity index (χ4v) is 3.74. The SMILES string of the molecule is COc1ccc(C2Nc3ccccc3C(=O)N2Cc2ccc3c(c2)OCO3)cc1. The molecule has 1 unspecified atom stereocenters. The van der Waals surface area contributed by atoms with Crippen LogP contribution in [0.2, 0.25) is 0 Å². The molecule has 1 amide bonds. The van der Waals surface area contributed by atoms with E-state index < -0.39 is 0 Å². The van der Waals surface area contributed by atoms with Crippen LogP contribution < -0.4 is 19.5 Å². The second kappa shape index (κ2) is 7.05. The summed E-state index contributed by atoms with van der Waals surface area (Å²) in [5.74, 6) is 2.20. The van der Waals surface area contributed by atoms with Gasteiger partial charge in [0.15, 0.2) is 11.5 Å². The molecule has 1 N–H and O–H groups in total. The van der Waals surface area contributed by atoms with Gasteiger partial charge in [-0.3, -0.25) is 4.79 Å². The Morgan fingerprint density at radius 2 is 1.83 bits per heavy atom. The number of rotatable bonds is 4. The van der Waals surface area contributed by atoms with Gasteiger partial charge < -0.3 is 24.4 Å². The van der Waals surface area contributed by atoms with Crippen LogP contribution in [0.3, 0.4) is 0 Å². The van der Waals surface area contributed by atoms with E-state index in [1.165, 1.54) is 0 Å². The number of carbonyl (C=O) groups is 1. The molecule has 0 radical (unpaired) electrons. The molecule has 0 saturated carbocycles. The molecule has 5 rings (SSSR count). The average Bonchev–Trinajstić information content (AvgIpc) is 3.24. The molecule has 29 heavy (non-hydrogen) atoms. The molecule has 0 aromatic heterocycles. The van der Waals surface area contributed by atoms with Gasteiger partial charge in [0.25, 0.3) is 5.91 Å². The van der Waals surface area contributed by atoms with Crippen molar-refractivity contribution in [1.29, 1.82) is 0 Å². The number of nitrogens with zero attached hydrogens (tertiary/aromatic N) is 1. The normalized spacial score (nSPS) is 16.9. The van der Waals surface area contributed by atoms with Crippen molar-refractivity contribution in [1.82, 2.24) is 4.90 Å². The fraction of sp³-hybridized carbons (Fsp3) is 0.174. The van der Waals surface area contributed by atoms with Crippen molar-refractivity contribution in [3.63, 3.8) is 0 Å². The molecule has 3 aromatic rings. The lowest BCUT2D eigenvalue weighted by Crippen LogP contribution is -2.42. The number of nitrogens with one attached hydrogen (secondary N) is 1. The molecule has 6 nitrogen and oxygen atoms in total. The molecule has 2 aliphatic heterocycles. The molecular weight excluding hydrogens is 368 g/mol. The Morgan fingerprint density at radius 1 is 1.03 bits per heavy atom. The van der Waals surface area contributed by atoms with Crippen molar-refractivity contribution in [3.8, 4) is 17.2 Å². The van der Waals surface area contributed by atoms with Gasteiger partial charge in [0, 0.05) is 12.2 Å². The fourth-order valence-electron chi connectivity index (χ4n) is 3.74. The summed E-state index contributed by atoms with van der Waals surface area (Å²) in [5.41, 5.74) is 3.45. The number of fused-ring (bicyclic) bond motifs is 2. The van der Waals surface area contributed by atoms with Gasteiger partial charge in [0.2, 0.25) is 6.79 Å². The molecule has 2 heterocycles. The van der Waals surface area contributed by atoms with Crippen molar-refractivity contribution in [2.75, 3.05) is 19.2 Å². The zero-order chi connectivity index (χ0) is 19.8. The van der Waals surface area contributed by atoms with Gasteiger partial charge in [-0.05, 0) is 47.5 Å². The minimum Gasteiger partial charge on any atom is -0.497 e. The lowest BCUT2D eigenvalue weighted by Gasteiger charge is -2.38. The van der Waals surface area contributed by atoms with Crippen LogP contribution in [0.25, 0.3) is 0 Å². The summed E-state index contributed by atoms with van der Waals surface area (Å²) in [7, 11) is 1.64. The molecule has 0 spiro atoms. The molecule has 0 aliphatic carbocycles. The Labute approximate surface area is 168 Å². The lowest BCUT2D eigenvalue weighted by atomic mass is 10.0. The van der Waals surface area contributed by atoms with E-state index in [1.807, 2.05) is 71.6 Å². The maximum Gasteiger partial charge on any atom is 0.258 e. The number of ether oxygens (including phenoxy) is 3. The van der Waals surface area contributed by atoms with Crippen molar-refractivity contribution in [3.05, 3.63) is 83.4 Å². The predicted octanol–water partition coefficient (Wildman–Crippen LogP) is 4.19. The van der Waals surface area contributed by atoms with Gasteiger partial charge in [0.1, 0.15) is 11.9 Å². The summed E-state index contributed by atoms with van der Waals surface area (Å²) in [4.78, 5) is 15.2. The van der Waals surface area contributed by atoms with Gasteiger partial charge in [0.05, 0.1) is 12.7 Å². The molecule has 0 saturated heterocycles.